The molecule has 2 N–H and O–H groups in total. The Morgan fingerprint density at radius 3 is 2.44 bits per heavy atom. The monoisotopic (exact) mass is 382 g/mol. The van der Waals surface area contributed by atoms with Gasteiger partial charge in [0, 0.05) is 11.3 Å². The van der Waals surface area contributed by atoms with Crippen molar-refractivity contribution in [3.05, 3.63) is 86.5 Å². The molecule has 6 nitrogen and oxygen atoms in total. The summed E-state index contributed by atoms with van der Waals surface area (Å²) in [5, 5.41) is 9.03. The fourth-order valence-corrected chi connectivity index (χ4v) is 3.05. The lowest BCUT2D eigenvalue weighted by molar-refractivity contribution is -0.136. The van der Waals surface area contributed by atoms with Gasteiger partial charge >= 0.3 is 5.97 Å². The maximum Gasteiger partial charge on any atom is 0.308 e. The third-order valence-corrected chi connectivity index (χ3v) is 4.37. The summed E-state index contributed by atoms with van der Waals surface area (Å²) in [6.45, 7) is 2.08. The average Bonchev–Trinajstić information content (AvgIpc) is 2.65. The molecule has 27 heavy (non-hydrogen) atoms. The Morgan fingerprint density at radius 2 is 1.81 bits per heavy atom. The highest BCUT2D eigenvalue weighted by atomic mass is 32.1. The average molecular weight is 382 g/mol. The molecule has 2 aromatic carbocycles. The predicted molar refractivity (Wildman–Crippen MR) is 104 cm³/mol. The number of aryl methyl sites for hydroxylation is 1. The Morgan fingerprint density at radius 1 is 1.15 bits per heavy atom. The summed E-state index contributed by atoms with van der Waals surface area (Å²) in [5.74, 6) is -0.416. The van der Waals surface area contributed by atoms with Crippen molar-refractivity contribution in [2.24, 2.45) is 0 Å². The van der Waals surface area contributed by atoms with Gasteiger partial charge in [0.1, 0.15) is 12.4 Å². The third-order valence-electron chi connectivity index (χ3n) is 4.08. The molecule has 0 atom stereocenters. The summed E-state index contributed by atoms with van der Waals surface area (Å²) in [7, 11) is 0. The Bertz CT molecular complexity index is 1070. The molecule has 0 saturated carbocycles. The van der Waals surface area contributed by atoms with E-state index in [4.69, 9.17) is 22.1 Å². The number of nitrogens with zero attached hydrogens (tertiary/aromatic N) is 1. The number of aromatic nitrogens is 2. The van der Waals surface area contributed by atoms with Crippen molar-refractivity contribution in [3.8, 4) is 11.4 Å². The van der Waals surface area contributed by atoms with E-state index in [0.717, 1.165) is 5.56 Å². The Kier molecular flexibility index (Phi) is 5.52. The van der Waals surface area contributed by atoms with Gasteiger partial charge in [-0.3, -0.25) is 14.2 Å². The highest BCUT2D eigenvalue weighted by Crippen LogP contribution is 2.17. The summed E-state index contributed by atoms with van der Waals surface area (Å²) < 4.78 is 7.25. The maximum absolute atomic E-state index is 12.7. The zero-order valence-corrected chi connectivity index (χ0v) is 15.5. The molecule has 0 unspecified atom stereocenters. The van der Waals surface area contributed by atoms with E-state index in [1.54, 1.807) is 31.2 Å². The number of rotatable bonds is 6. The number of aliphatic carboxylic acids is 1. The van der Waals surface area contributed by atoms with Crippen LogP contribution >= 0.6 is 12.2 Å². The van der Waals surface area contributed by atoms with Crippen LogP contribution in [0.25, 0.3) is 5.69 Å². The summed E-state index contributed by atoms with van der Waals surface area (Å²) in [4.78, 5) is 26.7. The second-order valence-electron chi connectivity index (χ2n) is 6.01. The number of H-pyrrole nitrogens is 1. The van der Waals surface area contributed by atoms with Gasteiger partial charge in [-0.25, -0.2) is 0 Å². The molecule has 1 heterocycles. The molecule has 0 aliphatic rings. The highest BCUT2D eigenvalue weighted by molar-refractivity contribution is 7.71. The van der Waals surface area contributed by atoms with Crippen LogP contribution in [0.2, 0.25) is 0 Å². The molecule has 1 aromatic heterocycles. The second kappa shape index (κ2) is 8.01. The lowest BCUT2D eigenvalue weighted by atomic mass is 10.1. The van der Waals surface area contributed by atoms with E-state index in [2.05, 4.69) is 4.98 Å². The molecular weight excluding hydrogens is 364 g/mol. The van der Waals surface area contributed by atoms with Crippen LogP contribution in [-0.2, 0) is 17.8 Å². The predicted octanol–water partition coefficient (Wildman–Crippen LogP) is 3.41. The van der Waals surface area contributed by atoms with Crippen LogP contribution in [0.15, 0.2) is 59.4 Å². The van der Waals surface area contributed by atoms with Gasteiger partial charge in [0.05, 0.1) is 12.1 Å². The zero-order chi connectivity index (χ0) is 19.4. The minimum Gasteiger partial charge on any atom is -0.489 e. The van der Waals surface area contributed by atoms with Gasteiger partial charge in [0.2, 0.25) is 0 Å². The number of hydrogen-bond donors (Lipinski definition) is 2. The van der Waals surface area contributed by atoms with Crippen molar-refractivity contribution < 1.29 is 14.6 Å². The SMILES string of the molecule is Cc1[nH]c(=S)n(-c2ccc(OCc3ccccc3)cc2)c(=O)c1CC(=O)O. The molecule has 0 saturated heterocycles. The van der Waals surface area contributed by atoms with Crippen molar-refractivity contribution >= 4 is 18.2 Å². The first kappa shape index (κ1) is 18.6. The summed E-state index contributed by atoms with van der Waals surface area (Å²) in [6, 6.07) is 16.7. The van der Waals surface area contributed by atoms with Crippen LogP contribution < -0.4 is 10.3 Å². The number of benzene rings is 2. The fraction of sp³-hybridized carbons (Fsp3) is 0.150. The molecule has 0 spiro atoms. The van der Waals surface area contributed by atoms with E-state index in [-0.39, 0.29) is 16.8 Å². The van der Waals surface area contributed by atoms with Crippen LogP contribution in [0.4, 0.5) is 0 Å². The minimum atomic E-state index is -1.07. The molecular formula is C20H18N2O4S. The minimum absolute atomic E-state index is 0.181. The smallest absolute Gasteiger partial charge is 0.308 e. The van der Waals surface area contributed by atoms with Crippen LogP contribution in [0.5, 0.6) is 5.75 Å². The number of carboxylic acid groups (broad SMARTS) is 1. The topological polar surface area (TPSA) is 84.3 Å². The molecule has 138 valence electrons. The van der Waals surface area contributed by atoms with Crippen LogP contribution in [0, 0.1) is 11.7 Å². The van der Waals surface area contributed by atoms with Crippen LogP contribution in [-0.4, -0.2) is 20.6 Å². The molecule has 3 aromatic rings. The zero-order valence-electron chi connectivity index (χ0n) is 14.6. The normalized spacial score (nSPS) is 10.6. The van der Waals surface area contributed by atoms with E-state index in [9.17, 15) is 9.59 Å². The maximum atomic E-state index is 12.7. The number of ether oxygens (including phenoxy) is 1. The first-order chi connectivity index (χ1) is 13.0. The van der Waals surface area contributed by atoms with Crippen molar-refractivity contribution in [1.82, 2.24) is 9.55 Å². The Balaban J connectivity index is 1.88. The van der Waals surface area contributed by atoms with Crippen LogP contribution in [0.3, 0.4) is 0 Å². The van der Waals surface area contributed by atoms with Gasteiger partial charge in [-0.05, 0) is 49.0 Å². The van der Waals surface area contributed by atoms with E-state index < -0.39 is 11.5 Å². The molecule has 0 bridgehead atoms. The molecule has 0 radical (unpaired) electrons. The number of hydrogen-bond acceptors (Lipinski definition) is 4. The quantitative estimate of drug-likeness (QED) is 0.638. The van der Waals surface area contributed by atoms with Crippen molar-refractivity contribution in [2.75, 3.05) is 0 Å². The van der Waals surface area contributed by atoms with E-state index >= 15 is 0 Å². The Labute approximate surface area is 160 Å². The van der Waals surface area contributed by atoms with Crippen molar-refractivity contribution in [1.29, 1.82) is 0 Å². The van der Waals surface area contributed by atoms with Gasteiger partial charge < -0.3 is 14.8 Å². The van der Waals surface area contributed by atoms with Gasteiger partial charge in [0.15, 0.2) is 4.77 Å². The standard InChI is InChI=1S/C20H18N2O4S/c1-13-17(11-18(23)24)19(25)22(20(27)21-13)15-7-9-16(10-8-15)26-12-14-5-3-2-4-6-14/h2-10H,11-12H2,1H3,(H,21,27)(H,23,24). The lowest BCUT2D eigenvalue weighted by Crippen LogP contribution is -2.27. The molecule has 0 aliphatic heterocycles. The molecule has 0 fully saturated rings. The van der Waals surface area contributed by atoms with Gasteiger partial charge in [0.25, 0.3) is 5.56 Å². The van der Waals surface area contributed by atoms with Crippen molar-refractivity contribution in [3.63, 3.8) is 0 Å². The first-order valence-electron chi connectivity index (χ1n) is 8.29. The van der Waals surface area contributed by atoms with Gasteiger partial charge in [-0.1, -0.05) is 30.3 Å². The third kappa shape index (κ3) is 4.32. The molecule has 0 amide bonds. The number of aromatic amines is 1. The van der Waals surface area contributed by atoms with Crippen molar-refractivity contribution in [2.45, 2.75) is 20.0 Å². The molecule has 3 rings (SSSR count). The molecule has 7 heteroatoms. The molecule has 0 aliphatic carbocycles. The summed E-state index contributed by atoms with van der Waals surface area (Å²) in [5.41, 5.74) is 1.81. The lowest BCUT2D eigenvalue weighted by Gasteiger charge is -2.12. The van der Waals surface area contributed by atoms with Gasteiger partial charge in [-0.15, -0.1) is 0 Å². The van der Waals surface area contributed by atoms with Crippen LogP contribution in [0.1, 0.15) is 16.8 Å². The fourth-order valence-electron chi connectivity index (χ4n) is 2.71. The summed E-state index contributed by atoms with van der Waals surface area (Å²) >= 11 is 5.26. The summed E-state index contributed by atoms with van der Waals surface area (Å²) in [6.07, 6.45) is -0.366. The number of nitrogens with one attached hydrogen (secondary N) is 1. The Hall–Kier alpha value is -3.19. The van der Waals surface area contributed by atoms with Gasteiger partial charge in [-0.2, -0.15) is 0 Å². The van der Waals surface area contributed by atoms with E-state index in [0.29, 0.717) is 23.7 Å². The highest BCUT2D eigenvalue weighted by Gasteiger charge is 2.14. The second-order valence-corrected chi connectivity index (χ2v) is 6.40. The van der Waals surface area contributed by atoms with E-state index in [1.807, 2.05) is 30.3 Å². The number of carboxylic acids is 1. The number of carbonyl (C=O) groups is 1. The van der Waals surface area contributed by atoms with E-state index in [1.165, 1.54) is 4.57 Å². The largest absolute Gasteiger partial charge is 0.489 e. The first-order valence-corrected chi connectivity index (χ1v) is 8.70.